The molecule has 0 aliphatic heterocycles. The summed E-state index contributed by atoms with van der Waals surface area (Å²) >= 11 is 0. The maximum atomic E-state index is 9.64. The van der Waals surface area contributed by atoms with Crippen LogP contribution in [0.4, 0.5) is 0 Å². The fraction of sp³-hybridized carbons (Fsp3) is 0.600. The summed E-state index contributed by atoms with van der Waals surface area (Å²) < 4.78 is 0. The molecule has 2 rings (SSSR count). The summed E-state index contributed by atoms with van der Waals surface area (Å²) in [6.07, 6.45) is 6.74. The Labute approximate surface area is 67.4 Å². The second-order valence-electron chi connectivity index (χ2n) is 3.59. The van der Waals surface area contributed by atoms with Gasteiger partial charge in [-0.2, -0.15) is 0 Å². The van der Waals surface area contributed by atoms with E-state index in [1.54, 1.807) is 0 Å². The predicted molar refractivity (Wildman–Crippen MR) is 45.2 cm³/mol. The maximum absolute atomic E-state index is 9.64. The Morgan fingerprint density at radius 3 is 3.00 bits per heavy atom. The van der Waals surface area contributed by atoms with Gasteiger partial charge in [-0.15, -0.1) is 0 Å². The number of rotatable bonds is 0. The summed E-state index contributed by atoms with van der Waals surface area (Å²) in [5.74, 6) is 0.427. The van der Waals surface area contributed by atoms with Crippen LogP contribution >= 0.6 is 0 Å². The zero-order valence-electron chi connectivity index (χ0n) is 6.71. The van der Waals surface area contributed by atoms with Crippen LogP contribution in [0.3, 0.4) is 0 Å². The summed E-state index contributed by atoms with van der Waals surface area (Å²) in [5.41, 5.74) is 2.36. The third kappa shape index (κ3) is 1.04. The van der Waals surface area contributed by atoms with Crippen molar-refractivity contribution in [1.29, 1.82) is 0 Å². The molecule has 0 amide bonds. The molecule has 0 aromatic carbocycles. The van der Waals surface area contributed by atoms with E-state index >= 15 is 0 Å². The van der Waals surface area contributed by atoms with Crippen molar-refractivity contribution in [2.45, 2.75) is 31.8 Å². The summed E-state index contributed by atoms with van der Waals surface area (Å²) in [7, 11) is 0. The van der Waals surface area contributed by atoms with E-state index in [-0.39, 0.29) is 6.10 Å². The second kappa shape index (κ2) is 2.49. The molecular formula is C10H14O. The van der Waals surface area contributed by atoms with Gasteiger partial charge in [-0.05, 0) is 24.8 Å². The summed E-state index contributed by atoms with van der Waals surface area (Å²) in [6, 6.07) is 0. The van der Waals surface area contributed by atoms with Crippen LogP contribution in [0.2, 0.25) is 0 Å². The molecule has 11 heavy (non-hydrogen) atoms. The Hall–Kier alpha value is -0.560. The maximum Gasteiger partial charge on any atom is 0.0849 e. The van der Waals surface area contributed by atoms with Crippen molar-refractivity contribution >= 4 is 0 Å². The van der Waals surface area contributed by atoms with Crippen molar-refractivity contribution in [3.63, 3.8) is 0 Å². The van der Waals surface area contributed by atoms with E-state index in [1.165, 1.54) is 24.8 Å². The Morgan fingerprint density at radius 2 is 2.27 bits per heavy atom. The molecule has 0 saturated heterocycles. The highest BCUT2D eigenvalue weighted by atomic mass is 16.3. The van der Waals surface area contributed by atoms with Crippen LogP contribution in [0.25, 0.3) is 0 Å². The van der Waals surface area contributed by atoms with Crippen LogP contribution in [-0.4, -0.2) is 11.2 Å². The molecule has 1 saturated carbocycles. The van der Waals surface area contributed by atoms with E-state index in [4.69, 9.17) is 0 Å². The normalized spacial score (nSPS) is 36.8. The van der Waals surface area contributed by atoms with Gasteiger partial charge >= 0.3 is 0 Å². The van der Waals surface area contributed by atoms with E-state index in [0.29, 0.717) is 5.92 Å². The number of aliphatic hydroxyl groups excluding tert-OH is 1. The molecule has 0 unspecified atom stereocenters. The lowest BCUT2D eigenvalue weighted by molar-refractivity contribution is 0.157. The van der Waals surface area contributed by atoms with E-state index in [9.17, 15) is 5.11 Å². The highest BCUT2D eigenvalue weighted by Crippen LogP contribution is 2.39. The Bertz CT molecular complexity index is 215. The van der Waals surface area contributed by atoms with Crippen LogP contribution in [0.1, 0.15) is 25.7 Å². The van der Waals surface area contributed by atoms with Gasteiger partial charge in [-0.25, -0.2) is 0 Å². The van der Waals surface area contributed by atoms with Crippen molar-refractivity contribution in [2.24, 2.45) is 5.92 Å². The lowest BCUT2D eigenvalue weighted by Crippen LogP contribution is -2.20. The minimum Gasteiger partial charge on any atom is -0.388 e. The Balaban J connectivity index is 2.22. The highest BCUT2D eigenvalue weighted by Gasteiger charge is 2.31. The van der Waals surface area contributed by atoms with Crippen LogP contribution in [0.5, 0.6) is 0 Å². The van der Waals surface area contributed by atoms with Gasteiger partial charge in [0.25, 0.3) is 0 Å². The third-order valence-electron chi connectivity index (χ3n) is 2.84. The standard InChI is InChI=1S/C10H14O/c1-7-6-8-4-2-3-5-9(8)10(7)11/h6,9-11H,1-5H2/t9-,10-/m0/s1. The number of fused-ring (bicyclic) bond motifs is 1. The third-order valence-corrected chi connectivity index (χ3v) is 2.84. The van der Waals surface area contributed by atoms with Gasteiger partial charge in [-0.1, -0.05) is 24.6 Å². The van der Waals surface area contributed by atoms with E-state index in [2.05, 4.69) is 12.7 Å². The summed E-state index contributed by atoms with van der Waals surface area (Å²) in [5, 5.41) is 9.64. The molecule has 1 nitrogen and oxygen atoms in total. The van der Waals surface area contributed by atoms with Crippen LogP contribution in [-0.2, 0) is 0 Å². The molecule has 0 bridgehead atoms. The first-order valence-corrected chi connectivity index (χ1v) is 4.36. The molecule has 0 aromatic rings. The zero-order valence-corrected chi connectivity index (χ0v) is 6.71. The minimum atomic E-state index is -0.259. The quantitative estimate of drug-likeness (QED) is 0.560. The molecule has 1 N–H and O–H groups in total. The van der Waals surface area contributed by atoms with E-state index in [1.807, 2.05) is 0 Å². The van der Waals surface area contributed by atoms with Gasteiger partial charge in [0.1, 0.15) is 0 Å². The minimum absolute atomic E-state index is 0.259. The first-order valence-electron chi connectivity index (χ1n) is 4.36. The zero-order chi connectivity index (χ0) is 7.84. The molecule has 2 aliphatic rings. The number of hydrogen-bond donors (Lipinski definition) is 1. The monoisotopic (exact) mass is 150 g/mol. The lowest BCUT2D eigenvalue weighted by Gasteiger charge is -2.23. The topological polar surface area (TPSA) is 20.2 Å². The van der Waals surface area contributed by atoms with Gasteiger partial charge in [0.05, 0.1) is 6.10 Å². The molecule has 0 radical (unpaired) electrons. The van der Waals surface area contributed by atoms with E-state index in [0.717, 1.165) is 12.0 Å². The average Bonchev–Trinajstić information content (AvgIpc) is 2.30. The number of aliphatic hydroxyl groups is 1. The second-order valence-corrected chi connectivity index (χ2v) is 3.59. The summed E-state index contributed by atoms with van der Waals surface area (Å²) in [4.78, 5) is 0. The number of hydrogen-bond acceptors (Lipinski definition) is 1. The van der Waals surface area contributed by atoms with Crippen molar-refractivity contribution in [2.75, 3.05) is 0 Å². The molecule has 60 valence electrons. The van der Waals surface area contributed by atoms with Crippen LogP contribution in [0, 0.1) is 5.92 Å². The van der Waals surface area contributed by atoms with Crippen molar-refractivity contribution < 1.29 is 5.11 Å². The van der Waals surface area contributed by atoms with Crippen molar-refractivity contribution in [3.05, 3.63) is 23.8 Å². The molecule has 1 heteroatoms. The molecule has 2 atom stereocenters. The van der Waals surface area contributed by atoms with Gasteiger partial charge in [0.2, 0.25) is 0 Å². The molecule has 0 spiro atoms. The van der Waals surface area contributed by atoms with E-state index < -0.39 is 0 Å². The smallest absolute Gasteiger partial charge is 0.0849 e. The highest BCUT2D eigenvalue weighted by molar-refractivity contribution is 5.36. The Kier molecular flexibility index (Phi) is 1.61. The van der Waals surface area contributed by atoms with Crippen molar-refractivity contribution in [1.82, 2.24) is 0 Å². The largest absolute Gasteiger partial charge is 0.388 e. The van der Waals surface area contributed by atoms with Gasteiger partial charge in [0, 0.05) is 5.92 Å². The lowest BCUT2D eigenvalue weighted by atomic mass is 9.85. The SMILES string of the molecule is C=C1C=C2CCCC[C@@H]2[C@H]1O. The van der Waals surface area contributed by atoms with Crippen LogP contribution in [0.15, 0.2) is 23.8 Å². The Morgan fingerprint density at radius 1 is 1.45 bits per heavy atom. The van der Waals surface area contributed by atoms with Crippen LogP contribution < -0.4 is 0 Å². The first-order chi connectivity index (χ1) is 5.29. The van der Waals surface area contributed by atoms with Gasteiger partial charge < -0.3 is 5.11 Å². The van der Waals surface area contributed by atoms with Gasteiger partial charge in [-0.3, -0.25) is 0 Å². The fourth-order valence-corrected chi connectivity index (χ4v) is 2.19. The predicted octanol–water partition coefficient (Wildman–Crippen LogP) is 2.03. The van der Waals surface area contributed by atoms with Crippen molar-refractivity contribution in [3.8, 4) is 0 Å². The molecule has 1 fully saturated rings. The molecule has 0 heterocycles. The molecular weight excluding hydrogens is 136 g/mol. The fourth-order valence-electron chi connectivity index (χ4n) is 2.19. The first kappa shape index (κ1) is 7.11. The van der Waals surface area contributed by atoms with Gasteiger partial charge in [0.15, 0.2) is 0 Å². The summed E-state index contributed by atoms with van der Waals surface area (Å²) in [6.45, 7) is 3.83. The average molecular weight is 150 g/mol. The molecule has 2 aliphatic carbocycles. The molecule has 0 aromatic heterocycles.